The first-order valence-corrected chi connectivity index (χ1v) is 11.2. The highest BCUT2D eigenvalue weighted by Crippen LogP contribution is 2.24. The molecule has 0 aliphatic rings. The molecular formula is C23H46N2O. The molecule has 0 bridgehead atoms. The summed E-state index contributed by atoms with van der Waals surface area (Å²) in [5.74, 6) is 0.170. The number of nitrogens with one attached hydrogen (secondary N) is 1. The fraction of sp³-hybridized carbons (Fsp3) is 0.870. The number of nitrogens with two attached hydrogens (primary N) is 1. The van der Waals surface area contributed by atoms with Crippen LogP contribution in [0.2, 0.25) is 0 Å². The maximum Gasteiger partial charge on any atom is 0.225 e. The largest absolute Gasteiger partial charge is 0.356 e. The Kier molecular flexibility index (Phi) is 17.0. The Balaban J connectivity index is 3.48. The van der Waals surface area contributed by atoms with E-state index in [4.69, 9.17) is 5.73 Å². The van der Waals surface area contributed by atoms with Gasteiger partial charge in [0.2, 0.25) is 5.91 Å². The normalized spacial score (nSPS) is 12.0. The van der Waals surface area contributed by atoms with E-state index in [9.17, 15) is 4.79 Å². The number of amides is 1. The lowest BCUT2D eigenvalue weighted by atomic mass is 9.85. The first-order chi connectivity index (χ1) is 12.5. The highest BCUT2D eigenvalue weighted by Gasteiger charge is 2.26. The van der Waals surface area contributed by atoms with Crippen molar-refractivity contribution >= 4 is 5.91 Å². The van der Waals surface area contributed by atoms with Gasteiger partial charge in [-0.15, -0.1) is 0 Å². The van der Waals surface area contributed by atoms with Gasteiger partial charge in [0.05, 0.1) is 0 Å². The molecule has 0 fully saturated rings. The highest BCUT2D eigenvalue weighted by molar-refractivity contribution is 5.81. The van der Waals surface area contributed by atoms with Crippen LogP contribution < -0.4 is 11.1 Å². The Morgan fingerprint density at radius 1 is 0.846 bits per heavy atom. The van der Waals surface area contributed by atoms with Gasteiger partial charge >= 0.3 is 0 Å². The first-order valence-electron chi connectivity index (χ1n) is 11.2. The van der Waals surface area contributed by atoms with Crippen molar-refractivity contribution in [1.82, 2.24) is 5.32 Å². The second kappa shape index (κ2) is 17.6. The summed E-state index contributed by atoms with van der Waals surface area (Å²) in [5, 5.41) is 3.00. The van der Waals surface area contributed by atoms with Crippen LogP contribution in [-0.4, -0.2) is 19.0 Å². The molecular weight excluding hydrogens is 320 g/mol. The van der Waals surface area contributed by atoms with E-state index in [1.54, 1.807) is 0 Å². The average molecular weight is 367 g/mol. The van der Waals surface area contributed by atoms with E-state index in [1.165, 1.54) is 70.6 Å². The molecule has 0 aliphatic carbocycles. The van der Waals surface area contributed by atoms with Gasteiger partial charge < -0.3 is 11.1 Å². The van der Waals surface area contributed by atoms with Gasteiger partial charge in [0, 0.05) is 12.0 Å². The molecule has 154 valence electrons. The maximum atomic E-state index is 12.1. The van der Waals surface area contributed by atoms with Crippen LogP contribution in [0.4, 0.5) is 0 Å². The molecule has 3 nitrogen and oxygen atoms in total. The van der Waals surface area contributed by atoms with Crippen molar-refractivity contribution in [3.05, 3.63) is 12.2 Å². The van der Waals surface area contributed by atoms with Crippen LogP contribution in [0.5, 0.6) is 0 Å². The zero-order valence-corrected chi connectivity index (χ0v) is 18.0. The van der Waals surface area contributed by atoms with E-state index in [1.807, 2.05) is 0 Å². The van der Waals surface area contributed by atoms with Crippen molar-refractivity contribution in [3.8, 4) is 0 Å². The minimum absolute atomic E-state index is 0.170. The predicted octanol–water partition coefficient (Wildman–Crippen LogP) is 6.13. The second-order valence-corrected chi connectivity index (χ2v) is 8.26. The van der Waals surface area contributed by atoms with Crippen molar-refractivity contribution in [3.63, 3.8) is 0 Å². The molecule has 0 aromatic carbocycles. The summed E-state index contributed by atoms with van der Waals surface area (Å²) in [6.45, 7) is 7.70. The van der Waals surface area contributed by atoms with Crippen molar-refractivity contribution in [2.45, 2.75) is 111 Å². The third-order valence-corrected chi connectivity index (χ3v) is 5.09. The summed E-state index contributed by atoms with van der Waals surface area (Å²) in [4.78, 5) is 12.1. The van der Waals surface area contributed by atoms with E-state index < -0.39 is 0 Å². The zero-order valence-electron chi connectivity index (χ0n) is 18.0. The van der Waals surface area contributed by atoms with E-state index >= 15 is 0 Å². The number of unbranched alkanes of at least 4 members (excludes halogenated alkanes) is 10. The summed E-state index contributed by atoms with van der Waals surface area (Å²) in [6, 6.07) is 0. The zero-order chi connectivity index (χ0) is 19.5. The number of hydrogen-bond acceptors (Lipinski definition) is 2. The second-order valence-electron chi connectivity index (χ2n) is 8.26. The third kappa shape index (κ3) is 15.4. The summed E-state index contributed by atoms with van der Waals surface area (Å²) in [5.41, 5.74) is 5.20. The van der Waals surface area contributed by atoms with Crippen LogP contribution in [0.15, 0.2) is 12.2 Å². The third-order valence-electron chi connectivity index (χ3n) is 5.09. The molecule has 1 amide bonds. The van der Waals surface area contributed by atoms with E-state index in [0.29, 0.717) is 13.1 Å². The minimum Gasteiger partial charge on any atom is -0.356 e. The summed E-state index contributed by atoms with van der Waals surface area (Å²) in [6.07, 6.45) is 22.2. The Labute approximate surface area is 163 Å². The molecule has 0 aliphatic heterocycles. The van der Waals surface area contributed by atoms with E-state index in [0.717, 1.165) is 19.3 Å². The van der Waals surface area contributed by atoms with Gasteiger partial charge in [-0.1, -0.05) is 84.3 Å². The van der Waals surface area contributed by atoms with Crippen molar-refractivity contribution in [2.24, 2.45) is 11.1 Å². The van der Waals surface area contributed by atoms with Gasteiger partial charge in [-0.25, -0.2) is 0 Å². The Hall–Kier alpha value is -0.830. The lowest BCUT2D eigenvalue weighted by Gasteiger charge is -2.23. The molecule has 0 saturated heterocycles. The molecule has 0 aromatic rings. The first kappa shape index (κ1) is 25.2. The molecule has 0 atom stereocenters. The molecule has 0 unspecified atom stereocenters. The van der Waals surface area contributed by atoms with Gasteiger partial charge in [0.1, 0.15) is 0 Å². The van der Waals surface area contributed by atoms with Gasteiger partial charge in [-0.05, 0) is 45.1 Å². The fourth-order valence-electron chi connectivity index (χ4n) is 3.12. The van der Waals surface area contributed by atoms with Crippen LogP contribution in [0, 0.1) is 5.41 Å². The molecule has 0 radical (unpaired) electrons. The molecule has 0 spiro atoms. The van der Waals surface area contributed by atoms with Crippen LogP contribution in [0.3, 0.4) is 0 Å². The average Bonchev–Trinajstić information content (AvgIpc) is 2.62. The maximum absolute atomic E-state index is 12.1. The van der Waals surface area contributed by atoms with E-state index in [2.05, 4.69) is 38.2 Å². The van der Waals surface area contributed by atoms with Crippen LogP contribution in [0.1, 0.15) is 111 Å². The minimum atomic E-state index is -0.258. The van der Waals surface area contributed by atoms with Crippen molar-refractivity contribution in [1.29, 1.82) is 0 Å². The van der Waals surface area contributed by atoms with Crippen molar-refractivity contribution in [2.75, 3.05) is 13.1 Å². The number of carbonyl (C=O) groups is 1. The van der Waals surface area contributed by atoms with Gasteiger partial charge in [-0.3, -0.25) is 4.79 Å². The van der Waals surface area contributed by atoms with Gasteiger partial charge in [0.25, 0.3) is 0 Å². The predicted molar refractivity (Wildman–Crippen MR) is 115 cm³/mol. The number of hydrogen-bond donors (Lipinski definition) is 2. The molecule has 0 rings (SSSR count). The lowest BCUT2D eigenvalue weighted by Crippen LogP contribution is -2.37. The quantitative estimate of drug-likeness (QED) is 0.227. The topological polar surface area (TPSA) is 55.1 Å². The summed E-state index contributed by atoms with van der Waals surface area (Å²) >= 11 is 0. The standard InChI is InChI=1S/C23H46N2O/c1-4-5-6-7-8-9-10-11-12-13-14-15-16-17-19-23(2,3)22(26)25-21-18-20-24/h11-12H,4-10,13-21,24H2,1-3H3,(H,25,26)/b12-11-. The molecule has 3 heteroatoms. The van der Waals surface area contributed by atoms with Gasteiger partial charge in [-0.2, -0.15) is 0 Å². The van der Waals surface area contributed by atoms with Crippen LogP contribution in [-0.2, 0) is 4.79 Å². The Morgan fingerprint density at radius 3 is 1.96 bits per heavy atom. The Bertz CT molecular complexity index is 350. The summed E-state index contributed by atoms with van der Waals surface area (Å²) in [7, 11) is 0. The molecule has 0 heterocycles. The fourth-order valence-corrected chi connectivity index (χ4v) is 3.12. The summed E-state index contributed by atoms with van der Waals surface area (Å²) < 4.78 is 0. The van der Waals surface area contributed by atoms with Gasteiger partial charge in [0.15, 0.2) is 0 Å². The molecule has 3 N–H and O–H groups in total. The number of rotatable bonds is 18. The number of carbonyl (C=O) groups excluding carboxylic acids is 1. The Morgan fingerprint density at radius 2 is 1.38 bits per heavy atom. The smallest absolute Gasteiger partial charge is 0.225 e. The van der Waals surface area contributed by atoms with Crippen LogP contribution >= 0.6 is 0 Å². The van der Waals surface area contributed by atoms with Crippen LogP contribution in [0.25, 0.3) is 0 Å². The van der Waals surface area contributed by atoms with E-state index in [-0.39, 0.29) is 11.3 Å². The lowest BCUT2D eigenvalue weighted by molar-refractivity contribution is -0.129. The molecule has 26 heavy (non-hydrogen) atoms. The SMILES string of the molecule is CCCCCCCC/C=C\CCCCCCC(C)(C)C(=O)NCCCN. The monoisotopic (exact) mass is 366 g/mol. The van der Waals surface area contributed by atoms with Crippen molar-refractivity contribution < 1.29 is 4.79 Å². The molecule has 0 aromatic heterocycles. The molecule has 0 saturated carbocycles. The highest BCUT2D eigenvalue weighted by atomic mass is 16.2. The number of allylic oxidation sites excluding steroid dienone is 2.